The molecule has 3 aromatic rings. The Labute approximate surface area is 164 Å². The van der Waals surface area contributed by atoms with Gasteiger partial charge in [0.15, 0.2) is 12.3 Å². The second-order valence-electron chi connectivity index (χ2n) is 5.85. The fourth-order valence-corrected chi connectivity index (χ4v) is 2.37. The second kappa shape index (κ2) is 8.79. The highest BCUT2D eigenvalue weighted by molar-refractivity contribution is 6.02. The number of ether oxygens (including phenoxy) is 1. The van der Waals surface area contributed by atoms with E-state index < -0.39 is 30.3 Å². The Morgan fingerprint density at radius 3 is 2.48 bits per heavy atom. The molecule has 0 saturated carbocycles. The predicted molar refractivity (Wildman–Crippen MR) is 101 cm³/mol. The van der Waals surface area contributed by atoms with Crippen molar-refractivity contribution in [3.63, 3.8) is 0 Å². The molecule has 0 aliphatic rings. The molecule has 0 fully saturated rings. The van der Waals surface area contributed by atoms with Crippen LogP contribution < -0.4 is 10.6 Å². The summed E-state index contributed by atoms with van der Waals surface area (Å²) in [7, 11) is 0. The number of carbonyl (C=O) groups excluding carboxylic acids is 3. The Morgan fingerprint density at radius 2 is 1.76 bits per heavy atom. The van der Waals surface area contributed by atoms with Crippen LogP contribution >= 0.6 is 0 Å². The molecule has 29 heavy (non-hydrogen) atoms. The first kappa shape index (κ1) is 19.7. The minimum atomic E-state index is -0.958. The van der Waals surface area contributed by atoms with Gasteiger partial charge >= 0.3 is 12.0 Å². The average Bonchev–Trinajstić information content (AvgIpc) is 3.10. The van der Waals surface area contributed by atoms with E-state index in [9.17, 15) is 18.8 Å². The average molecular weight is 397 g/mol. The molecule has 0 aliphatic heterocycles. The molecule has 0 spiro atoms. The fraction of sp³-hybridized carbons (Fsp3) is 0.100. The molecule has 2 N–H and O–H groups in total. The van der Waals surface area contributed by atoms with Gasteiger partial charge in [0, 0.05) is 5.56 Å². The maximum absolute atomic E-state index is 13.5. The van der Waals surface area contributed by atoms with E-state index in [1.807, 2.05) is 11.4 Å². The van der Waals surface area contributed by atoms with Gasteiger partial charge in [0.05, 0.1) is 5.69 Å². The lowest BCUT2D eigenvalue weighted by molar-refractivity contribution is -0.123. The Hall–Kier alpha value is -4.01. The highest BCUT2D eigenvalue weighted by Gasteiger charge is 2.21. The molecule has 0 atom stereocenters. The molecule has 8 nitrogen and oxygen atoms in total. The van der Waals surface area contributed by atoms with E-state index in [-0.39, 0.29) is 23.0 Å². The van der Waals surface area contributed by atoms with Crippen molar-refractivity contribution < 1.29 is 27.9 Å². The first-order chi connectivity index (χ1) is 13.9. The number of carbonyl (C=O) groups is 3. The van der Waals surface area contributed by atoms with Crippen LogP contribution in [0.2, 0.25) is 0 Å². The van der Waals surface area contributed by atoms with Crippen LogP contribution in [0.4, 0.5) is 14.9 Å². The van der Waals surface area contributed by atoms with E-state index in [1.165, 1.54) is 25.1 Å². The molecule has 0 unspecified atom stereocenters. The number of oxazole rings is 1. The van der Waals surface area contributed by atoms with Crippen LogP contribution in [0.3, 0.4) is 0 Å². The SMILES string of the molecule is Cc1oc(-c2ccccc2)nc1C(=O)OCC(=O)NC(=O)Nc1ccccc1F. The number of imide groups is 1. The lowest BCUT2D eigenvalue weighted by Gasteiger charge is -2.07. The summed E-state index contributed by atoms with van der Waals surface area (Å²) in [5.41, 5.74) is 0.506. The van der Waals surface area contributed by atoms with Gasteiger partial charge in [-0.3, -0.25) is 10.1 Å². The monoisotopic (exact) mass is 397 g/mol. The van der Waals surface area contributed by atoms with Gasteiger partial charge in [-0.05, 0) is 31.2 Å². The van der Waals surface area contributed by atoms with E-state index in [4.69, 9.17) is 9.15 Å². The molecule has 2 aromatic carbocycles. The largest absolute Gasteiger partial charge is 0.451 e. The summed E-state index contributed by atoms with van der Waals surface area (Å²) < 4.78 is 23.8. The van der Waals surface area contributed by atoms with Crippen molar-refractivity contribution in [1.82, 2.24) is 10.3 Å². The van der Waals surface area contributed by atoms with Gasteiger partial charge in [-0.2, -0.15) is 0 Å². The number of aryl methyl sites for hydroxylation is 1. The van der Waals surface area contributed by atoms with Crippen LogP contribution in [0, 0.1) is 12.7 Å². The number of rotatable bonds is 5. The fourth-order valence-electron chi connectivity index (χ4n) is 2.37. The molecule has 3 amide bonds. The Morgan fingerprint density at radius 1 is 1.07 bits per heavy atom. The zero-order chi connectivity index (χ0) is 20.8. The molecule has 1 aromatic heterocycles. The lowest BCUT2D eigenvalue weighted by Crippen LogP contribution is -2.37. The summed E-state index contributed by atoms with van der Waals surface area (Å²) in [6.45, 7) is 0.814. The number of hydrogen-bond donors (Lipinski definition) is 2. The van der Waals surface area contributed by atoms with Gasteiger partial charge < -0.3 is 14.5 Å². The number of esters is 1. The number of benzene rings is 2. The van der Waals surface area contributed by atoms with Crippen molar-refractivity contribution in [1.29, 1.82) is 0 Å². The number of nitrogens with zero attached hydrogens (tertiary/aromatic N) is 1. The standard InChI is InChI=1S/C20H16FN3O5/c1-12-17(24-18(29-12)13-7-3-2-4-8-13)19(26)28-11-16(25)23-20(27)22-15-10-6-5-9-14(15)21/h2-10H,11H2,1H3,(H2,22,23,25,27). The number of halogens is 1. The quantitative estimate of drug-likeness (QED) is 0.639. The van der Waals surface area contributed by atoms with Gasteiger partial charge in [0.25, 0.3) is 5.91 Å². The summed E-state index contributed by atoms with van der Waals surface area (Å²) in [6.07, 6.45) is 0. The molecule has 0 aliphatic carbocycles. The van der Waals surface area contributed by atoms with Crippen LogP contribution in [0.25, 0.3) is 11.5 Å². The number of nitrogens with one attached hydrogen (secondary N) is 2. The molecular weight excluding hydrogens is 381 g/mol. The highest BCUT2D eigenvalue weighted by atomic mass is 19.1. The lowest BCUT2D eigenvalue weighted by atomic mass is 10.2. The minimum absolute atomic E-state index is 0.0764. The van der Waals surface area contributed by atoms with E-state index >= 15 is 0 Å². The van der Waals surface area contributed by atoms with Crippen LogP contribution in [0.5, 0.6) is 0 Å². The number of para-hydroxylation sites is 1. The predicted octanol–water partition coefficient (Wildman–Crippen LogP) is 3.29. The van der Waals surface area contributed by atoms with Gasteiger partial charge in [-0.25, -0.2) is 19.0 Å². The molecule has 0 saturated heterocycles. The van der Waals surface area contributed by atoms with Crippen LogP contribution in [0.1, 0.15) is 16.2 Å². The molecule has 1 heterocycles. The van der Waals surface area contributed by atoms with Crippen molar-refractivity contribution in [2.45, 2.75) is 6.92 Å². The van der Waals surface area contributed by atoms with Crippen molar-refractivity contribution >= 4 is 23.6 Å². The maximum Gasteiger partial charge on any atom is 0.361 e. The Bertz CT molecular complexity index is 1050. The third-order valence-corrected chi connectivity index (χ3v) is 3.72. The van der Waals surface area contributed by atoms with Crippen LogP contribution in [0.15, 0.2) is 59.0 Å². The topological polar surface area (TPSA) is 111 Å². The van der Waals surface area contributed by atoms with E-state index in [1.54, 1.807) is 24.3 Å². The molecular formula is C20H16FN3O5. The number of urea groups is 1. The third-order valence-electron chi connectivity index (χ3n) is 3.72. The van der Waals surface area contributed by atoms with Gasteiger partial charge in [0.2, 0.25) is 5.89 Å². The molecule has 0 bridgehead atoms. The van der Waals surface area contributed by atoms with Crippen molar-refractivity contribution in [3.05, 3.63) is 71.9 Å². The Kier molecular flexibility index (Phi) is 5.98. The molecule has 0 radical (unpaired) electrons. The highest BCUT2D eigenvalue weighted by Crippen LogP contribution is 2.21. The minimum Gasteiger partial charge on any atom is -0.451 e. The maximum atomic E-state index is 13.5. The van der Waals surface area contributed by atoms with E-state index in [0.717, 1.165) is 6.07 Å². The summed E-state index contributed by atoms with van der Waals surface area (Å²) >= 11 is 0. The summed E-state index contributed by atoms with van der Waals surface area (Å²) in [5.74, 6) is -1.96. The van der Waals surface area contributed by atoms with E-state index in [0.29, 0.717) is 5.56 Å². The molecule has 3 rings (SSSR count). The van der Waals surface area contributed by atoms with Crippen molar-refractivity contribution in [2.75, 3.05) is 11.9 Å². The van der Waals surface area contributed by atoms with Crippen molar-refractivity contribution in [3.8, 4) is 11.5 Å². The first-order valence-corrected chi connectivity index (χ1v) is 8.49. The molecule has 9 heteroatoms. The summed E-state index contributed by atoms with van der Waals surface area (Å²) in [6, 6.07) is 13.5. The smallest absolute Gasteiger partial charge is 0.361 e. The van der Waals surface area contributed by atoms with Crippen molar-refractivity contribution in [2.24, 2.45) is 0 Å². The van der Waals surface area contributed by atoms with Crippen LogP contribution in [-0.2, 0) is 9.53 Å². The van der Waals surface area contributed by atoms with Gasteiger partial charge in [-0.1, -0.05) is 30.3 Å². The van der Waals surface area contributed by atoms with Crippen LogP contribution in [-0.4, -0.2) is 29.5 Å². The number of aromatic nitrogens is 1. The summed E-state index contributed by atoms with van der Waals surface area (Å²) in [4.78, 5) is 39.8. The van der Waals surface area contributed by atoms with Gasteiger partial charge in [-0.15, -0.1) is 0 Å². The Balaban J connectivity index is 1.54. The van der Waals surface area contributed by atoms with E-state index in [2.05, 4.69) is 10.3 Å². The zero-order valence-electron chi connectivity index (χ0n) is 15.3. The van der Waals surface area contributed by atoms with Gasteiger partial charge in [0.1, 0.15) is 11.6 Å². The number of amides is 3. The molecule has 148 valence electrons. The first-order valence-electron chi connectivity index (χ1n) is 8.49. The number of hydrogen-bond acceptors (Lipinski definition) is 6. The third kappa shape index (κ3) is 5.04. The summed E-state index contributed by atoms with van der Waals surface area (Å²) in [5, 5.41) is 4.11. The second-order valence-corrected chi connectivity index (χ2v) is 5.85. The number of anilines is 1. The normalized spacial score (nSPS) is 10.3. The zero-order valence-corrected chi connectivity index (χ0v) is 15.3.